The quantitative estimate of drug-likeness (QED) is 0.506. The third-order valence-corrected chi connectivity index (χ3v) is 3.54. The van der Waals surface area contributed by atoms with Crippen LogP contribution < -0.4 is 5.73 Å². The number of nitrogens with two attached hydrogens (primary N) is 1. The fourth-order valence-electron chi connectivity index (χ4n) is 2.25. The summed E-state index contributed by atoms with van der Waals surface area (Å²) in [6.45, 7) is 3.30. The van der Waals surface area contributed by atoms with E-state index in [2.05, 4.69) is 17.7 Å². The van der Waals surface area contributed by atoms with Crippen LogP contribution in [0.2, 0.25) is 0 Å². The van der Waals surface area contributed by atoms with E-state index < -0.39 is 0 Å². The molecule has 1 aromatic heterocycles. The SMILES string of the molecule is CCCCCCCCCCn1cccc1C(N)=S. The Morgan fingerprint density at radius 3 is 2.33 bits per heavy atom. The summed E-state index contributed by atoms with van der Waals surface area (Å²) < 4.78 is 2.17. The van der Waals surface area contributed by atoms with Gasteiger partial charge in [0.15, 0.2) is 0 Å². The van der Waals surface area contributed by atoms with Crippen LogP contribution in [-0.2, 0) is 6.54 Å². The number of hydrogen-bond donors (Lipinski definition) is 1. The van der Waals surface area contributed by atoms with Crippen LogP contribution in [0.5, 0.6) is 0 Å². The Balaban J connectivity index is 2.07. The molecule has 1 rings (SSSR count). The van der Waals surface area contributed by atoms with Crippen molar-refractivity contribution in [2.24, 2.45) is 5.73 Å². The lowest BCUT2D eigenvalue weighted by atomic mass is 10.1. The van der Waals surface area contributed by atoms with Gasteiger partial charge in [0.05, 0.1) is 5.69 Å². The molecule has 2 N–H and O–H groups in total. The van der Waals surface area contributed by atoms with Crippen LogP contribution in [0, 0.1) is 0 Å². The molecule has 0 fully saturated rings. The number of rotatable bonds is 10. The van der Waals surface area contributed by atoms with Gasteiger partial charge in [-0.15, -0.1) is 0 Å². The average Bonchev–Trinajstić information content (AvgIpc) is 2.81. The molecular formula is C15H26N2S. The fraction of sp³-hybridized carbons (Fsp3) is 0.667. The summed E-state index contributed by atoms with van der Waals surface area (Å²) >= 11 is 5.02. The molecule has 2 nitrogen and oxygen atoms in total. The van der Waals surface area contributed by atoms with Crippen LogP contribution in [0.4, 0.5) is 0 Å². The highest BCUT2D eigenvalue weighted by atomic mass is 32.1. The molecule has 1 heterocycles. The third kappa shape index (κ3) is 5.67. The second-order valence-corrected chi connectivity index (χ2v) is 5.37. The fourth-order valence-corrected chi connectivity index (χ4v) is 2.43. The van der Waals surface area contributed by atoms with Crippen LogP contribution in [0.1, 0.15) is 64.0 Å². The van der Waals surface area contributed by atoms with E-state index in [4.69, 9.17) is 18.0 Å². The number of aryl methyl sites for hydroxylation is 1. The molecule has 18 heavy (non-hydrogen) atoms. The summed E-state index contributed by atoms with van der Waals surface area (Å²) in [6.07, 6.45) is 12.8. The summed E-state index contributed by atoms with van der Waals surface area (Å²) in [4.78, 5) is 0.500. The summed E-state index contributed by atoms with van der Waals surface area (Å²) in [7, 11) is 0. The Hall–Kier alpha value is -0.830. The first-order valence-corrected chi connectivity index (χ1v) is 7.61. The van der Waals surface area contributed by atoms with Gasteiger partial charge in [0, 0.05) is 12.7 Å². The maximum atomic E-state index is 5.67. The van der Waals surface area contributed by atoms with Gasteiger partial charge >= 0.3 is 0 Å². The third-order valence-electron chi connectivity index (χ3n) is 3.33. The molecule has 0 aromatic carbocycles. The van der Waals surface area contributed by atoms with Gasteiger partial charge in [0.25, 0.3) is 0 Å². The molecule has 0 spiro atoms. The van der Waals surface area contributed by atoms with Crippen molar-refractivity contribution in [3.05, 3.63) is 24.0 Å². The zero-order chi connectivity index (χ0) is 13.2. The molecule has 3 heteroatoms. The first-order chi connectivity index (χ1) is 8.75. The van der Waals surface area contributed by atoms with Crippen molar-refractivity contribution in [1.82, 2.24) is 4.57 Å². The maximum Gasteiger partial charge on any atom is 0.120 e. The number of hydrogen-bond acceptors (Lipinski definition) is 1. The van der Waals surface area contributed by atoms with Gasteiger partial charge in [-0.2, -0.15) is 0 Å². The van der Waals surface area contributed by atoms with Gasteiger partial charge in [-0.05, 0) is 18.6 Å². The van der Waals surface area contributed by atoms with E-state index in [9.17, 15) is 0 Å². The van der Waals surface area contributed by atoms with Crippen molar-refractivity contribution < 1.29 is 0 Å². The minimum atomic E-state index is 0.500. The van der Waals surface area contributed by atoms with Gasteiger partial charge in [-0.25, -0.2) is 0 Å². The summed E-state index contributed by atoms with van der Waals surface area (Å²) in [6, 6.07) is 4.01. The van der Waals surface area contributed by atoms with E-state index >= 15 is 0 Å². The van der Waals surface area contributed by atoms with Crippen molar-refractivity contribution in [3.8, 4) is 0 Å². The molecule has 0 atom stereocenters. The van der Waals surface area contributed by atoms with E-state index in [0.717, 1.165) is 12.2 Å². The smallest absolute Gasteiger partial charge is 0.120 e. The Morgan fingerprint density at radius 1 is 1.11 bits per heavy atom. The Morgan fingerprint density at radius 2 is 1.72 bits per heavy atom. The summed E-state index contributed by atoms with van der Waals surface area (Å²) in [5.74, 6) is 0. The molecule has 0 aliphatic carbocycles. The molecule has 102 valence electrons. The molecule has 0 saturated heterocycles. The largest absolute Gasteiger partial charge is 0.388 e. The highest BCUT2D eigenvalue weighted by Gasteiger charge is 2.02. The highest BCUT2D eigenvalue weighted by molar-refractivity contribution is 7.80. The van der Waals surface area contributed by atoms with Gasteiger partial charge in [-0.3, -0.25) is 0 Å². The average molecular weight is 266 g/mol. The Bertz CT molecular complexity index is 344. The lowest BCUT2D eigenvalue weighted by Gasteiger charge is -2.07. The lowest BCUT2D eigenvalue weighted by molar-refractivity contribution is 0.544. The standard InChI is InChI=1S/C15H26N2S/c1-2-3-4-5-6-7-8-9-12-17-13-10-11-14(17)15(16)18/h10-11,13H,2-9,12H2,1H3,(H2,16,18). The van der Waals surface area contributed by atoms with Gasteiger partial charge in [0.1, 0.15) is 4.99 Å². The van der Waals surface area contributed by atoms with Crippen molar-refractivity contribution in [2.45, 2.75) is 64.8 Å². The predicted molar refractivity (Wildman–Crippen MR) is 82.9 cm³/mol. The normalized spacial score (nSPS) is 10.7. The summed E-state index contributed by atoms with van der Waals surface area (Å²) in [5.41, 5.74) is 6.66. The van der Waals surface area contributed by atoms with Crippen molar-refractivity contribution >= 4 is 17.2 Å². The molecule has 0 unspecified atom stereocenters. The van der Waals surface area contributed by atoms with Crippen LogP contribution in [-0.4, -0.2) is 9.56 Å². The van der Waals surface area contributed by atoms with Gasteiger partial charge in [-0.1, -0.05) is 64.1 Å². The van der Waals surface area contributed by atoms with Crippen molar-refractivity contribution in [1.29, 1.82) is 0 Å². The van der Waals surface area contributed by atoms with Gasteiger partial charge < -0.3 is 10.3 Å². The Kier molecular flexibility index (Phi) is 7.74. The molecule has 1 aromatic rings. The van der Waals surface area contributed by atoms with E-state index in [1.165, 1.54) is 51.4 Å². The predicted octanol–water partition coefficient (Wildman–Crippen LogP) is 4.26. The first kappa shape index (κ1) is 15.2. The molecule has 0 bridgehead atoms. The molecule has 0 aliphatic heterocycles. The monoisotopic (exact) mass is 266 g/mol. The molecule has 0 amide bonds. The van der Waals surface area contributed by atoms with E-state index in [1.54, 1.807) is 0 Å². The van der Waals surface area contributed by atoms with E-state index in [-0.39, 0.29) is 0 Å². The zero-order valence-electron chi connectivity index (χ0n) is 11.5. The number of unbranched alkanes of at least 4 members (excludes halogenated alkanes) is 7. The van der Waals surface area contributed by atoms with Gasteiger partial charge in [0.2, 0.25) is 0 Å². The maximum absolute atomic E-state index is 5.67. The topological polar surface area (TPSA) is 30.9 Å². The van der Waals surface area contributed by atoms with Crippen LogP contribution in [0.3, 0.4) is 0 Å². The molecule has 0 radical (unpaired) electrons. The lowest BCUT2D eigenvalue weighted by Crippen LogP contribution is -2.15. The van der Waals surface area contributed by atoms with Crippen LogP contribution in [0.25, 0.3) is 0 Å². The van der Waals surface area contributed by atoms with E-state index in [1.807, 2.05) is 12.1 Å². The molecule has 0 saturated carbocycles. The minimum Gasteiger partial charge on any atom is -0.388 e. The molecule has 0 aliphatic rings. The molecular weight excluding hydrogens is 240 g/mol. The second-order valence-electron chi connectivity index (χ2n) is 4.93. The first-order valence-electron chi connectivity index (χ1n) is 7.20. The van der Waals surface area contributed by atoms with Crippen molar-refractivity contribution in [2.75, 3.05) is 0 Å². The number of nitrogens with zero attached hydrogens (tertiary/aromatic N) is 1. The van der Waals surface area contributed by atoms with Crippen molar-refractivity contribution in [3.63, 3.8) is 0 Å². The van der Waals surface area contributed by atoms with E-state index in [0.29, 0.717) is 4.99 Å². The van der Waals surface area contributed by atoms with Crippen LogP contribution in [0.15, 0.2) is 18.3 Å². The zero-order valence-corrected chi connectivity index (χ0v) is 12.3. The highest BCUT2D eigenvalue weighted by Crippen LogP contribution is 2.10. The Labute approximate surface area is 117 Å². The van der Waals surface area contributed by atoms with Crippen LogP contribution >= 0.6 is 12.2 Å². The number of thiocarbonyl (C=S) groups is 1. The second kappa shape index (κ2) is 9.15. The number of aromatic nitrogens is 1. The minimum absolute atomic E-state index is 0.500. The summed E-state index contributed by atoms with van der Waals surface area (Å²) in [5, 5.41) is 0.